The van der Waals surface area contributed by atoms with Crippen LogP contribution in [-0.4, -0.2) is 46.0 Å². The summed E-state index contributed by atoms with van der Waals surface area (Å²) in [7, 11) is 0. The molecule has 2 rings (SSSR count). The molecule has 2 heterocycles. The zero-order valence-corrected chi connectivity index (χ0v) is 11.8. The molecule has 1 aliphatic rings. The van der Waals surface area contributed by atoms with Gasteiger partial charge in [0.05, 0.1) is 6.61 Å². The minimum atomic E-state index is -0.579. The molecule has 1 atom stereocenters. The fraction of sp³-hybridized carbons (Fsp3) is 0.545. The van der Waals surface area contributed by atoms with Crippen molar-refractivity contribution in [3.8, 4) is 6.01 Å². The van der Waals surface area contributed by atoms with Gasteiger partial charge in [-0.1, -0.05) is 6.92 Å². The second-order valence-corrected chi connectivity index (χ2v) is 4.59. The van der Waals surface area contributed by atoms with E-state index in [-0.39, 0.29) is 23.8 Å². The summed E-state index contributed by atoms with van der Waals surface area (Å²) < 4.78 is 5.30. The maximum Gasteiger partial charge on any atom is 0.322 e. The highest BCUT2D eigenvalue weighted by Gasteiger charge is 2.32. The number of aromatic nitrogens is 3. The van der Waals surface area contributed by atoms with Gasteiger partial charge in [-0.3, -0.25) is 14.9 Å². The number of rotatable bonds is 4. The van der Waals surface area contributed by atoms with Crippen molar-refractivity contribution in [2.45, 2.75) is 26.3 Å². The third kappa shape index (κ3) is 3.13. The van der Waals surface area contributed by atoms with Gasteiger partial charge in [-0.25, -0.2) is 0 Å². The summed E-state index contributed by atoms with van der Waals surface area (Å²) in [5, 5.41) is 2.19. The highest BCUT2D eigenvalue weighted by Crippen LogP contribution is 2.18. The smallest absolute Gasteiger partial charge is 0.322 e. The summed E-state index contributed by atoms with van der Waals surface area (Å²) in [4.78, 5) is 36.4. The average molecular weight is 300 g/mol. The third-order valence-corrected chi connectivity index (χ3v) is 2.86. The van der Waals surface area contributed by atoms with E-state index in [4.69, 9.17) is 16.3 Å². The highest BCUT2D eigenvalue weighted by molar-refractivity contribution is 6.28. The molecule has 0 radical (unpaired) electrons. The lowest BCUT2D eigenvalue weighted by Gasteiger charge is -2.31. The number of hydrogen-bond acceptors (Lipinski definition) is 7. The van der Waals surface area contributed by atoms with Crippen LogP contribution in [0.3, 0.4) is 0 Å². The first-order valence-electron chi connectivity index (χ1n) is 6.16. The van der Waals surface area contributed by atoms with Crippen LogP contribution in [-0.2, 0) is 9.59 Å². The molecule has 2 amide bonds. The second kappa shape index (κ2) is 6.00. The van der Waals surface area contributed by atoms with Crippen molar-refractivity contribution in [1.29, 1.82) is 0 Å². The summed E-state index contributed by atoms with van der Waals surface area (Å²) in [5.74, 6) is -0.679. The monoisotopic (exact) mass is 299 g/mol. The number of ether oxygens (including phenoxy) is 1. The number of anilines is 1. The zero-order chi connectivity index (χ0) is 14.7. The standard InChI is InChI=1S/C11H14ClN5O3/c1-3-4-20-11-15-9(12)14-10(16-11)17-5-7(18)13-8(19)6(17)2/h6H,3-5H2,1-2H3,(H,13,18,19). The number of imide groups is 1. The van der Waals surface area contributed by atoms with Crippen molar-refractivity contribution in [2.75, 3.05) is 18.1 Å². The molecule has 1 saturated heterocycles. The molecule has 20 heavy (non-hydrogen) atoms. The average Bonchev–Trinajstić information content (AvgIpc) is 2.40. The van der Waals surface area contributed by atoms with Crippen molar-refractivity contribution in [1.82, 2.24) is 20.3 Å². The van der Waals surface area contributed by atoms with Crippen LogP contribution in [0.25, 0.3) is 0 Å². The SMILES string of the molecule is CCCOc1nc(Cl)nc(N2CC(=O)NC(=O)C2C)n1. The van der Waals surface area contributed by atoms with Crippen LogP contribution in [0.4, 0.5) is 5.95 Å². The van der Waals surface area contributed by atoms with Crippen LogP contribution >= 0.6 is 11.6 Å². The van der Waals surface area contributed by atoms with Crippen LogP contribution in [0.15, 0.2) is 0 Å². The van der Waals surface area contributed by atoms with Gasteiger partial charge in [0.25, 0.3) is 0 Å². The molecule has 0 saturated carbocycles. The highest BCUT2D eigenvalue weighted by atomic mass is 35.5. The lowest BCUT2D eigenvalue weighted by Crippen LogP contribution is -2.57. The molecule has 0 aromatic carbocycles. The molecular formula is C11H14ClN5O3. The van der Waals surface area contributed by atoms with Gasteiger partial charge in [0.15, 0.2) is 0 Å². The number of carbonyl (C=O) groups is 2. The second-order valence-electron chi connectivity index (χ2n) is 4.25. The van der Waals surface area contributed by atoms with Gasteiger partial charge in [-0.2, -0.15) is 15.0 Å². The molecule has 1 unspecified atom stereocenters. The Balaban J connectivity index is 2.28. The minimum Gasteiger partial charge on any atom is -0.463 e. The molecule has 0 aliphatic carbocycles. The topological polar surface area (TPSA) is 97.3 Å². The quantitative estimate of drug-likeness (QED) is 0.791. The van der Waals surface area contributed by atoms with E-state index in [2.05, 4.69) is 20.3 Å². The molecule has 1 N–H and O–H groups in total. The predicted octanol–water partition coefficient (Wildman–Crippen LogP) is 0.165. The van der Waals surface area contributed by atoms with Gasteiger partial charge in [-0.15, -0.1) is 0 Å². The molecule has 108 valence electrons. The Morgan fingerprint density at radius 3 is 2.85 bits per heavy atom. The Hall–Kier alpha value is -1.96. The van der Waals surface area contributed by atoms with Crippen LogP contribution in [0, 0.1) is 0 Å². The van der Waals surface area contributed by atoms with E-state index in [1.807, 2.05) is 6.92 Å². The maximum absolute atomic E-state index is 11.6. The number of halogens is 1. The van der Waals surface area contributed by atoms with Crippen molar-refractivity contribution < 1.29 is 14.3 Å². The van der Waals surface area contributed by atoms with E-state index in [0.29, 0.717) is 6.61 Å². The molecular weight excluding hydrogens is 286 g/mol. The van der Waals surface area contributed by atoms with Gasteiger partial charge < -0.3 is 9.64 Å². The van der Waals surface area contributed by atoms with Crippen LogP contribution in [0.5, 0.6) is 6.01 Å². The molecule has 0 spiro atoms. The fourth-order valence-corrected chi connectivity index (χ4v) is 1.81. The zero-order valence-electron chi connectivity index (χ0n) is 11.1. The number of hydrogen-bond donors (Lipinski definition) is 1. The lowest BCUT2D eigenvalue weighted by atomic mass is 10.2. The number of carbonyl (C=O) groups excluding carboxylic acids is 2. The van der Waals surface area contributed by atoms with E-state index >= 15 is 0 Å². The van der Waals surface area contributed by atoms with Gasteiger partial charge >= 0.3 is 6.01 Å². The predicted molar refractivity (Wildman–Crippen MR) is 70.6 cm³/mol. The maximum atomic E-state index is 11.6. The lowest BCUT2D eigenvalue weighted by molar-refractivity contribution is -0.132. The van der Waals surface area contributed by atoms with E-state index in [1.54, 1.807) is 6.92 Å². The fourth-order valence-electron chi connectivity index (χ4n) is 1.67. The normalized spacial score (nSPS) is 18.9. The Bertz CT molecular complexity index is 539. The molecule has 1 fully saturated rings. The first-order chi connectivity index (χ1) is 9.51. The Morgan fingerprint density at radius 2 is 2.15 bits per heavy atom. The number of amides is 2. The summed E-state index contributed by atoms with van der Waals surface area (Å²) in [6.07, 6.45) is 0.791. The van der Waals surface area contributed by atoms with Crippen molar-refractivity contribution >= 4 is 29.4 Å². The van der Waals surface area contributed by atoms with E-state index in [1.165, 1.54) is 4.90 Å². The molecule has 1 aliphatic heterocycles. The van der Waals surface area contributed by atoms with Crippen molar-refractivity contribution in [2.24, 2.45) is 0 Å². The van der Waals surface area contributed by atoms with Crippen LogP contribution in [0.2, 0.25) is 5.28 Å². The first kappa shape index (κ1) is 14.4. The minimum absolute atomic E-state index is 0.0273. The summed E-state index contributed by atoms with van der Waals surface area (Å²) in [5.41, 5.74) is 0. The Labute approximate surface area is 120 Å². The summed E-state index contributed by atoms with van der Waals surface area (Å²) in [6.45, 7) is 4.00. The first-order valence-corrected chi connectivity index (χ1v) is 6.53. The van der Waals surface area contributed by atoms with Gasteiger partial charge in [-0.05, 0) is 24.9 Å². The Morgan fingerprint density at radius 1 is 1.40 bits per heavy atom. The van der Waals surface area contributed by atoms with Gasteiger partial charge in [0.2, 0.25) is 23.0 Å². The number of piperazine rings is 1. The van der Waals surface area contributed by atoms with Crippen molar-refractivity contribution in [3.05, 3.63) is 5.28 Å². The summed E-state index contributed by atoms with van der Waals surface area (Å²) in [6, 6.07) is -0.502. The Kier molecular flexibility index (Phi) is 4.33. The number of nitrogens with one attached hydrogen (secondary N) is 1. The van der Waals surface area contributed by atoms with E-state index in [9.17, 15) is 9.59 Å². The molecule has 1 aromatic heterocycles. The summed E-state index contributed by atoms with van der Waals surface area (Å²) >= 11 is 5.81. The molecule has 9 heteroatoms. The largest absolute Gasteiger partial charge is 0.463 e. The molecule has 8 nitrogen and oxygen atoms in total. The molecule has 0 bridgehead atoms. The van der Waals surface area contributed by atoms with Crippen LogP contribution in [0.1, 0.15) is 20.3 Å². The van der Waals surface area contributed by atoms with Gasteiger partial charge in [0.1, 0.15) is 12.6 Å². The van der Waals surface area contributed by atoms with Gasteiger partial charge in [0, 0.05) is 0 Å². The van der Waals surface area contributed by atoms with Crippen LogP contribution < -0.4 is 15.0 Å². The van der Waals surface area contributed by atoms with Crippen molar-refractivity contribution in [3.63, 3.8) is 0 Å². The third-order valence-electron chi connectivity index (χ3n) is 2.69. The van der Waals surface area contributed by atoms with E-state index < -0.39 is 17.9 Å². The van der Waals surface area contributed by atoms with E-state index in [0.717, 1.165) is 6.42 Å². The molecule has 1 aromatic rings. The number of nitrogens with zero attached hydrogens (tertiary/aromatic N) is 4.